The molecule has 0 atom stereocenters. The Morgan fingerprint density at radius 1 is 0.576 bits per heavy atom. The van der Waals surface area contributed by atoms with E-state index in [9.17, 15) is 0 Å². The van der Waals surface area contributed by atoms with Gasteiger partial charge in [0.25, 0.3) is 0 Å². The smallest absolute Gasteiger partial charge is 0.141 e. The normalized spacial score (nSPS) is 11.0. The fourth-order valence-electron chi connectivity index (χ4n) is 4.53. The highest BCUT2D eigenvalue weighted by Gasteiger charge is 2.13. The number of aromatic nitrogens is 2. The van der Waals surface area contributed by atoms with E-state index < -0.39 is 0 Å². The first kappa shape index (κ1) is 19.0. The molecule has 4 aromatic carbocycles. The van der Waals surface area contributed by atoms with Gasteiger partial charge in [-0.2, -0.15) is 5.26 Å². The van der Waals surface area contributed by atoms with Crippen LogP contribution >= 0.6 is 0 Å². The van der Waals surface area contributed by atoms with E-state index in [1.807, 2.05) is 18.2 Å². The molecule has 0 unspecified atom stereocenters. The Labute approximate surface area is 191 Å². The molecule has 0 radical (unpaired) electrons. The lowest BCUT2D eigenvalue weighted by atomic mass is 9.99. The zero-order chi connectivity index (χ0) is 22.2. The number of pyridine rings is 1. The van der Waals surface area contributed by atoms with E-state index in [2.05, 4.69) is 107 Å². The second-order valence-electron chi connectivity index (χ2n) is 8.04. The fourth-order valence-corrected chi connectivity index (χ4v) is 4.53. The van der Waals surface area contributed by atoms with Gasteiger partial charge in [0.2, 0.25) is 0 Å². The number of fused-ring (bicyclic) bond motifs is 3. The fraction of sp³-hybridized carbons (Fsp3) is 0. The third-order valence-corrected chi connectivity index (χ3v) is 6.11. The van der Waals surface area contributed by atoms with Gasteiger partial charge < -0.3 is 4.57 Å². The minimum absolute atomic E-state index is 0.427. The maximum absolute atomic E-state index is 9.13. The molecule has 2 aromatic heterocycles. The Hall–Kier alpha value is -4.68. The molecule has 0 fully saturated rings. The summed E-state index contributed by atoms with van der Waals surface area (Å²) >= 11 is 0. The minimum Gasteiger partial charge on any atom is -0.309 e. The molecule has 3 nitrogen and oxygen atoms in total. The van der Waals surface area contributed by atoms with Crippen molar-refractivity contribution in [2.45, 2.75) is 0 Å². The van der Waals surface area contributed by atoms with Crippen LogP contribution in [0.25, 0.3) is 49.7 Å². The lowest BCUT2D eigenvalue weighted by Gasteiger charge is -2.09. The van der Waals surface area contributed by atoms with Crippen molar-refractivity contribution in [2.75, 3.05) is 0 Å². The molecule has 0 N–H and O–H groups in total. The van der Waals surface area contributed by atoms with Crippen LogP contribution in [-0.2, 0) is 0 Å². The zero-order valence-corrected chi connectivity index (χ0v) is 17.8. The molecule has 0 aliphatic carbocycles. The minimum atomic E-state index is 0.427. The molecule has 0 saturated heterocycles. The van der Waals surface area contributed by atoms with Crippen LogP contribution in [-0.4, -0.2) is 9.55 Å². The summed E-state index contributed by atoms with van der Waals surface area (Å²) < 4.78 is 2.34. The third kappa shape index (κ3) is 3.26. The molecule has 3 heteroatoms. The van der Waals surface area contributed by atoms with Gasteiger partial charge in [-0.3, -0.25) is 0 Å². The maximum Gasteiger partial charge on any atom is 0.141 e. The van der Waals surface area contributed by atoms with E-state index >= 15 is 0 Å². The summed E-state index contributed by atoms with van der Waals surface area (Å²) in [6.07, 6.45) is 1.68. The Morgan fingerprint density at radius 2 is 1.21 bits per heavy atom. The molecule has 6 rings (SSSR count). The quantitative estimate of drug-likeness (QED) is 0.299. The molecule has 6 aromatic rings. The number of nitriles is 1. The maximum atomic E-state index is 9.13. The molecule has 0 saturated carbocycles. The summed E-state index contributed by atoms with van der Waals surface area (Å²) in [5.74, 6) is 0. The Morgan fingerprint density at radius 3 is 1.97 bits per heavy atom. The van der Waals surface area contributed by atoms with Crippen molar-refractivity contribution in [2.24, 2.45) is 0 Å². The summed E-state index contributed by atoms with van der Waals surface area (Å²) in [6, 6.07) is 40.1. The van der Waals surface area contributed by atoms with Crippen molar-refractivity contribution in [1.29, 1.82) is 5.26 Å². The zero-order valence-electron chi connectivity index (χ0n) is 17.8. The van der Waals surface area contributed by atoms with Crippen molar-refractivity contribution in [3.05, 3.63) is 121 Å². The number of benzene rings is 4. The highest BCUT2D eigenvalue weighted by atomic mass is 15.0. The Balaban J connectivity index is 1.49. The number of rotatable bonds is 3. The standard InChI is InChI=1S/C30H19N3/c31-20-25-18-24(16-17-32-25)22-12-10-21(11-13-22)23-14-15-28-27-8-4-5-9-29(27)33(30(28)19-23)26-6-2-1-3-7-26/h1-19H. The van der Waals surface area contributed by atoms with Crippen LogP contribution in [0.15, 0.2) is 115 Å². The molecule has 0 bridgehead atoms. The van der Waals surface area contributed by atoms with Gasteiger partial charge in [0, 0.05) is 22.7 Å². The summed E-state index contributed by atoms with van der Waals surface area (Å²) in [4.78, 5) is 4.07. The van der Waals surface area contributed by atoms with E-state index in [1.165, 1.54) is 27.4 Å². The van der Waals surface area contributed by atoms with Gasteiger partial charge in [0.05, 0.1) is 11.0 Å². The second-order valence-corrected chi connectivity index (χ2v) is 8.04. The summed E-state index contributed by atoms with van der Waals surface area (Å²) in [5.41, 5.74) is 8.36. The van der Waals surface area contributed by atoms with Crippen LogP contribution in [0.1, 0.15) is 5.69 Å². The molecule has 0 aliphatic heterocycles. The highest BCUT2D eigenvalue weighted by molar-refractivity contribution is 6.10. The number of hydrogen-bond donors (Lipinski definition) is 0. The van der Waals surface area contributed by atoms with Crippen LogP contribution in [0, 0.1) is 11.3 Å². The number of para-hydroxylation sites is 2. The lowest BCUT2D eigenvalue weighted by Crippen LogP contribution is -1.93. The van der Waals surface area contributed by atoms with Crippen LogP contribution < -0.4 is 0 Å². The molecular formula is C30H19N3. The lowest BCUT2D eigenvalue weighted by molar-refractivity contribution is 1.18. The van der Waals surface area contributed by atoms with E-state index in [0.717, 1.165) is 22.4 Å². The van der Waals surface area contributed by atoms with Gasteiger partial charge >= 0.3 is 0 Å². The van der Waals surface area contributed by atoms with Crippen molar-refractivity contribution in [1.82, 2.24) is 9.55 Å². The largest absolute Gasteiger partial charge is 0.309 e. The first-order valence-electron chi connectivity index (χ1n) is 10.9. The van der Waals surface area contributed by atoms with Crippen molar-refractivity contribution < 1.29 is 0 Å². The molecular weight excluding hydrogens is 402 g/mol. The molecule has 0 spiro atoms. The second kappa shape index (κ2) is 7.78. The van der Waals surface area contributed by atoms with Gasteiger partial charge in [0.15, 0.2) is 0 Å². The highest BCUT2D eigenvalue weighted by Crippen LogP contribution is 2.35. The van der Waals surface area contributed by atoms with Crippen LogP contribution in [0.2, 0.25) is 0 Å². The molecule has 0 amide bonds. The Bertz CT molecular complexity index is 1650. The van der Waals surface area contributed by atoms with Crippen LogP contribution in [0.4, 0.5) is 0 Å². The average molecular weight is 422 g/mol. The first-order valence-corrected chi connectivity index (χ1v) is 10.9. The molecule has 0 aliphatic rings. The van der Waals surface area contributed by atoms with E-state index in [-0.39, 0.29) is 0 Å². The van der Waals surface area contributed by atoms with Gasteiger partial charge in [-0.1, -0.05) is 72.8 Å². The summed E-state index contributed by atoms with van der Waals surface area (Å²) in [6.45, 7) is 0. The van der Waals surface area contributed by atoms with Gasteiger partial charge in [0.1, 0.15) is 11.8 Å². The van der Waals surface area contributed by atoms with Crippen LogP contribution in [0.3, 0.4) is 0 Å². The summed E-state index contributed by atoms with van der Waals surface area (Å²) in [5, 5.41) is 11.6. The van der Waals surface area contributed by atoms with Crippen molar-refractivity contribution >= 4 is 21.8 Å². The molecule has 154 valence electrons. The molecule has 33 heavy (non-hydrogen) atoms. The average Bonchev–Trinajstić information content (AvgIpc) is 3.23. The van der Waals surface area contributed by atoms with Gasteiger partial charge in [-0.05, 0) is 58.7 Å². The third-order valence-electron chi connectivity index (χ3n) is 6.11. The number of hydrogen-bond acceptors (Lipinski definition) is 2. The predicted octanol–water partition coefficient (Wildman–Crippen LogP) is 7.38. The first-order chi connectivity index (χ1) is 16.3. The van der Waals surface area contributed by atoms with E-state index in [0.29, 0.717) is 5.69 Å². The summed E-state index contributed by atoms with van der Waals surface area (Å²) in [7, 11) is 0. The van der Waals surface area contributed by atoms with Crippen molar-refractivity contribution in [3.63, 3.8) is 0 Å². The van der Waals surface area contributed by atoms with Crippen LogP contribution in [0.5, 0.6) is 0 Å². The van der Waals surface area contributed by atoms with E-state index in [4.69, 9.17) is 5.26 Å². The molecule has 2 heterocycles. The Kier molecular flexibility index (Phi) is 4.49. The SMILES string of the molecule is N#Cc1cc(-c2ccc(-c3ccc4c5ccccc5n(-c5ccccc5)c4c3)cc2)ccn1. The monoisotopic (exact) mass is 421 g/mol. The predicted molar refractivity (Wildman–Crippen MR) is 134 cm³/mol. The van der Waals surface area contributed by atoms with E-state index in [1.54, 1.807) is 6.20 Å². The topological polar surface area (TPSA) is 41.6 Å². The van der Waals surface area contributed by atoms with Gasteiger partial charge in [-0.15, -0.1) is 0 Å². The van der Waals surface area contributed by atoms with Gasteiger partial charge in [-0.25, -0.2) is 4.98 Å². The number of nitrogens with zero attached hydrogens (tertiary/aromatic N) is 3. The van der Waals surface area contributed by atoms with Crippen molar-refractivity contribution in [3.8, 4) is 34.0 Å².